The highest BCUT2D eigenvalue weighted by atomic mass is 16.2. The van der Waals surface area contributed by atoms with Gasteiger partial charge < -0.3 is 4.90 Å². The molecular weight excluding hydrogens is 324 g/mol. The number of amides is 1. The van der Waals surface area contributed by atoms with Gasteiger partial charge in [-0.15, -0.1) is 12.3 Å². The van der Waals surface area contributed by atoms with E-state index in [0.717, 1.165) is 45.6 Å². The van der Waals surface area contributed by atoms with Crippen LogP contribution in [0.2, 0.25) is 0 Å². The summed E-state index contributed by atoms with van der Waals surface area (Å²) in [6, 6.07) is 8.85. The zero-order valence-corrected chi connectivity index (χ0v) is 15.7. The van der Waals surface area contributed by atoms with Crippen molar-refractivity contribution in [3.8, 4) is 12.3 Å². The van der Waals surface area contributed by atoms with Gasteiger partial charge in [-0.3, -0.25) is 9.69 Å². The minimum atomic E-state index is -0.353. The van der Waals surface area contributed by atoms with Crippen LogP contribution in [-0.4, -0.2) is 47.5 Å². The first-order valence-electron chi connectivity index (χ1n) is 9.59. The second-order valence-corrected chi connectivity index (χ2v) is 7.21. The van der Waals surface area contributed by atoms with Crippen LogP contribution in [0.5, 0.6) is 0 Å². The van der Waals surface area contributed by atoms with Crippen molar-refractivity contribution in [1.82, 2.24) is 9.80 Å². The third kappa shape index (κ3) is 4.92. The van der Waals surface area contributed by atoms with Gasteiger partial charge in [0, 0.05) is 58.4 Å². The quantitative estimate of drug-likeness (QED) is 0.674. The lowest BCUT2D eigenvalue weighted by molar-refractivity contribution is -0.133. The summed E-state index contributed by atoms with van der Waals surface area (Å²) in [5.74, 6) is 2.84. The molecule has 2 aliphatic heterocycles. The molecule has 5 nitrogen and oxygen atoms in total. The Bertz CT molecular complexity index is 675. The molecule has 1 fully saturated rings. The summed E-state index contributed by atoms with van der Waals surface area (Å²) in [4.78, 5) is 16.9. The zero-order valence-electron chi connectivity index (χ0n) is 15.7. The molecule has 2 aliphatic rings. The maximum atomic E-state index is 12.5. The number of nitrogens with zero attached hydrogens (tertiary/aromatic N) is 4. The van der Waals surface area contributed by atoms with Crippen LogP contribution in [0.25, 0.3) is 0 Å². The molecule has 0 unspecified atom stereocenters. The predicted octanol–water partition coefficient (Wildman–Crippen LogP) is 3.25. The fraction of sp³-hybridized carbons (Fsp3) is 0.571. The van der Waals surface area contributed by atoms with Crippen molar-refractivity contribution in [2.75, 3.05) is 26.2 Å². The van der Waals surface area contributed by atoms with Crippen molar-refractivity contribution in [3.63, 3.8) is 0 Å². The maximum Gasteiger partial charge on any atom is 0.222 e. The zero-order chi connectivity index (χ0) is 18.4. The second-order valence-electron chi connectivity index (χ2n) is 7.21. The minimum absolute atomic E-state index is 0.217. The number of carbonyl (C=O) groups excluding carboxylic acids is 1. The summed E-state index contributed by atoms with van der Waals surface area (Å²) in [5.41, 5.74) is 2.36. The molecule has 1 amide bonds. The molecule has 26 heavy (non-hydrogen) atoms. The number of carbonyl (C=O) groups is 1. The fourth-order valence-corrected chi connectivity index (χ4v) is 3.43. The molecule has 0 atom stereocenters. The highest BCUT2D eigenvalue weighted by molar-refractivity contribution is 5.76. The van der Waals surface area contributed by atoms with Crippen LogP contribution >= 0.6 is 0 Å². The Hall–Kier alpha value is -2.19. The van der Waals surface area contributed by atoms with Crippen molar-refractivity contribution < 1.29 is 4.79 Å². The summed E-state index contributed by atoms with van der Waals surface area (Å²) in [6.07, 6.45) is 9.01. The van der Waals surface area contributed by atoms with E-state index in [1.807, 2.05) is 4.90 Å². The van der Waals surface area contributed by atoms with Crippen molar-refractivity contribution >= 4 is 5.91 Å². The largest absolute Gasteiger partial charge is 0.340 e. The van der Waals surface area contributed by atoms with E-state index in [0.29, 0.717) is 19.3 Å². The summed E-state index contributed by atoms with van der Waals surface area (Å²) in [6.45, 7) is 6.60. The lowest BCUT2D eigenvalue weighted by Gasteiger charge is -2.35. The monoisotopic (exact) mass is 352 g/mol. The molecule has 0 bridgehead atoms. The summed E-state index contributed by atoms with van der Waals surface area (Å²) in [7, 11) is 0. The third-order valence-electron chi connectivity index (χ3n) is 5.35. The second kappa shape index (κ2) is 8.46. The van der Waals surface area contributed by atoms with Gasteiger partial charge in [0.25, 0.3) is 0 Å². The smallest absolute Gasteiger partial charge is 0.222 e. The third-order valence-corrected chi connectivity index (χ3v) is 5.35. The molecule has 1 aromatic rings. The molecule has 0 N–H and O–H groups in total. The van der Waals surface area contributed by atoms with Crippen LogP contribution in [0.1, 0.15) is 43.7 Å². The molecule has 1 saturated heterocycles. The van der Waals surface area contributed by atoms with Gasteiger partial charge in [-0.05, 0) is 17.5 Å². The SMILES string of the molecule is C#CCCC1(CCC(=O)N2CCN(Cc3ccc(CC)cc3)CC2)N=N1. The van der Waals surface area contributed by atoms with Gasteiger partial charge in [0.1, 0.15) is 0 Å². The highest BCUT2D eigenvalue weighted by Crippen LogP contribution is 2.37. The Morgan fingerprint density at radius 1 is 1.12 bits per heavy atom. The van der Waals surface area contributed by atoms with E-state index < -0.39 is 0 Å². The summed E-state index contributed by atoms with van der Waals surface area (Å²) < 4.78 is 0. The summed E-state index contributed by atoms with van der Waals surface area (Å²) >= 11 is 0. The van der Waals surface area contributed by atoms with E-state index in [1.165, 1.54) is 11.1 Å². The van der Waals surface area contributed by atoms with Crippen LogP contribution in [0.3, 0.4) is 0 Å². The number of hydrogen-bond donors (Lipinski definition) is 0. The standard InChI is InChI=1S/C21H28N4O/c1-3-5-11-21(22-23-21)12-10-20(26)25-15-13-24(14-16-25)17-19-8-6-18(4-2)7-9-19/h1,6-9H,4-5,10-17H2,2H3. The van der Waals surface area contributed by atoms with Crippen molar-refractivity contribution in [3.05, 3.63) is 35.4 Å². The minimum Gasteiger partial charge on any atom is -0.340 e. The Balaban J connectivity index is 1.39. The molecule has 0 spiro atoms. The molecule has 3 rings (SSSR count). The van der Waals surface area contributed by atoms with Crippen molar-refractivity contribution in [2.24, 2.45) is 10.2 Å². The molecule has 138 valence electrons. The van der Waals surface area contributed by atoms with Crippen molar-refractivity contribution in [2.45, 2.75) is 51.2 Å². The van der Waals surface area contributed by atoms with E-state index in [9.17, 15) is 4.79 Å². The molecular formula is C21H28N4O. The number of rotatable bonds is 8. The summed E-state index contributed by atoms with van der Waals surface area (Å²) in [5, 5.41) is 8.22. The first-order chi connectivity index (χ1) is 12.6. The van der Waals surface area contributed by atoms with Gasteiger partial charge in [0.2, 0.25) is 5.91 Å². The molecule has 0 aliphatic carbocycles. The molecule has 5 heteroatoms. The average molecular weight is 352 g/mol. The van der Waals surface area contributed by atoms with Gasteiger partial charge >= 0.3 is 0 Å². The molecule has 0 saturated carbocycles. The lowest BCUT2D eigenvalue weighted by Crippen LogP contribution is -2.48. The number of terminal acetylenes is 1. The number of aryl methyl sites for hydroxylation is 1. The van der Waals surface area contributed by atoms with Crippen LogP contribution in [0.4, 0.5) is 0 Å². The van der Waals surface area contributed by atoms with Crippen LogP contribution in [-0.2, 0) is 17.8 Å². The predicted molar refractivity (Wildman–Crippen MR) is 103 cm³/mol. The highest BCUT2D eigenvalue weighted by Gasteiger charge is 2.39. The van der Waals surface area contributed by atoms with E-state index in [4.69, 9.17) is 6.42 Å². The normalized spacial score (nSPS) is 18.5. The van der Waals surface area contributed by atoms with Gasteiger partial charge in [-0.1, -0.05) is 31.2 Å². The van der Waals surface area contributed by atoms with Crippen molar-refractivity contribution in [1.29, 1.82) is 0 Å². The van der Waals surface area contributed by atoms with Gasteiger partial charge in [0.15, 0.2) is 5.66 Å². The van der Waals surface area contributed by atoms with Gasteiger partial charge in [-0.2, -0.15) is 10.2 Å². The van der Waals surface area contributed by atoms with Crippen LogP contribution in [0.15, 0.2) is 34.5 Å². The molecule has 1 aromatic carbocycles. The Morgan fingerprint density at radius 3 is 2.35 bits per heavy atom. The topological polar surface area (TPSA) is 48.3 Å². The number of hydrogen-bond acceptors (Lipinski definition) is 4. The van der Waals surface area contributed by atoms with E-state index in [2.05, 4.69) is 52.2 Å². The number of piperazine rings is 1. The molecule has 2 heterocycles. The average Bonchev–Trinajstić information content (AvgIpc) is 3.46. The Labute approximate surface area is 156 Å². The van der Waals surface area contributed by atoms with Crippen LogP contribution < -0.4 is 0 Å². The lowest BCUT2D eigenvalue weighted by atomic mass is 10.0. The number of benzene rings is 1. The first-order valence-corrected chi connectivity index (χ1v) is 9.59. The molecule has 0 radical (unpaired) electrons. The Kier molecular flexibility index (Phi) is 6.05. The maximum absolute atomic E-state index is 12.5. The van der Waals surface area contributed by atoms with E-state index in [-0.39, 0.29) is 11.6 Å². The van der Waals surface area contributed by atoms with Gasteiger partial charge in [-0.25, -0.2) is 0 Å². The van der Waals surface area contributed by atoms with Crippen LogP contribution in [0, 0.1) is 12.3 Å². The van der Waals surface area contributed by atoms with E-state index >= 15 is 0 Å². The molecule has 0 aromatic heterocycles. The Morgan fingerprint density at radius 2 is 1.77 bits per heavy atom. The van der Waals surface area contributed by atoms with E-state index in [1.54, 1.807) is 0 Å². The fourth-order valence-electron chi connectivity index (χ4n) is 3.43. The van der Waals surface area contributed by atoms with Gasteiger partial charge in [0.05, 0.1) is 0 Å². The first kappa shape index (κ1) is 18.6.